The van der Waals surface area contributed by atoms with Gasteiger partial charge in [-0.05, 0) is 25.7 Å². The highest BCUT2D eigenvalue weighted by molar-refractivity contribution is 5.76. The van der Waals surface area contributed by atoms with E-state index in [9.17, 15) is 19.8 Å². The lowest BCUT2D eigenvalue weighted by Gasteiger charge is -2.22. The van der Waals surface area contributed by atoms with E-state index < -0.39 is 12.1 Å². The summed E-state index contributed by atoms with van der Waals surface area (Å²) in [4.78, 5) is 24.4. The van der Waals surface area contributed by atoms with Gasteiger partial charge in [0.1, 0.15) is 0 Å². The predicted molar refractivity (Wildman–Crippen MR) is 255 cm³/mol. The van der Waals surface area contributed by atoms with Crippen LogP contribution in [0.3, 0.4) is 0 Å². The molecule has 2 unspecified atom stereocenters. The predicted octanol–water partition coefficient (Wildman–Crippen LogP) is 16.0. The van der Waals surface area contributed by atoms with Crippen LogP contribution in [0.15, 0.2) is 0 Å². The van der Waals surface area contributed by atoms with E-state index in [0.717, 1.165) is 38.5 Å². The lowest BCUT2D eigenvalue weighted by atomic mass is 10.0. The normalized spacial score (nSPS) is 12.5. The molecule has 0 aromatic heterocycles. The first-order valence-corrected chi connectivity index (χ1v) is 26.8. The fourth-order valence-electron chi connectivity index (χ4n) is 8.52. The van der Waals surface area contributed by atoms with E-state index in [0.29, 0.717) is 25.9 Å². The van der Waals surface area contributed by atoms with Gasteiger partial charge in [0.25, 0.3) is 0 Å². The number of amides is 1. The van der Waals surface area contributed by atoms with Crippen LogP contribution in [0.1, 0.15) is 303 Å². The number of nitrogens with one attached hydrogen (secondary N) is 1. The zero-order valence-corrected chi connectivity index (χ0v) is 40.0. The second-order valence-electron chi connectivity index (χ2n) is 18.6. The number of unbranched alkanes of at least 4 members (excludes halogenated alkanes) is 39. The van der Waals surface area contributed by atoms with Crippen LogP contribution in [-0.4, -0.2) is 47.4 Å². The van der Waals surface area contributed by atoms with Crippen molar-refractivity contribution in [3.05, 3.63) is 0 Å². The van der Waals surface area contributed by atoms with Gasteiger partial charge in [0, 0.05) is 12.8 Å². The summed E-state index contributed by atoms with van der Waals surface area (Å²) in [6.45, 7) is 4.95. The Kier molecular flexibility index (Phi) is 48.6. The van der Waals surface area contributed by atoms with Crippen LogP contribution >= 0.6 is 0 Å². The minimum atomic E-state index is -0.664. The summed E-state index contributed by atoms with van der Waals surface area (Å²) in [7, 11) is 0. The van der Waals surface area contributed by atoms with Gasteiger partial charge in [-0.2, -0.15) is 0 Å². The molecule has 59 heavy (non-hydrogen) atoms. The molecule has 0 aliphatic carbocycles. The van der Waals surface area contributed by atoms with Gasteiger partial charge in [0.2, 0.25) is 5.91 Å². The molecular weight excluding hydrogens is 731 g/mol. The lowest BCUT2D eigenvalue weighted by molar-refractivity contribution is -0.143. The number of carbonyl (C=O) groups excluding carboxylic acids is 2. The average Bonchev–Trinajstić information content (AvgIpc) is 3.24. The van der Waals surface area contributed by atoms with E-state index >= 15 is 0 Å². The second-order valence-corrected chi connectivity index (χ2v) is 18.6. The molecule has 1 amide bonds. The zero-order chi connectivity index (χ0) is 43.0. The number of carbonyl (C=O) groups is 2. The lowest BCUT2D eigenvalue weighted by Crippen LogP contribution is -2.45. The Morgan fingerprint density at radius 3 is 1.03 bits per heavy atom. The highest BCUT2D eigenvalue weighted by atomic mass is 16.5. The maximum Gasteiger partial charge on any atom is 0.305 e. The minimum absolute atomic E-state index is 0.00807. The summed E-state index contributed by atoms with van der Waals surface area (Å²) in [5.74, 6) is -0.0318. The topological polar surface area (TPSA) is 95.9 Å². The van der Waals surface area contributed by atoms with Crippen LogP contribution in [0.5, 0.6) is 0 Å². The number of hydrogen-bond donors (Lipinski definition) is 3. The third-order valence-electron chi connectivity index (χ3n) is 12.7. The van der Waals surface area contributed by atoms with Gasteiger partial charge in [-0.25, -0.2) is 0 Å². The third kappa shape index (κ3) is 46.2. The number of esters is 1. The van der Waals surface area contributed by atoms with Crippen molar-refractivity contribution in [2.45, 2.75) is 315 Å². The van der Waals surface area contributed by atoms with Gasteiger partial charge in [0.05, 0.1) is 25.4 Å². The van der Waals surface area contributed by atoms with Crippen molar-refractivity contribution < 1.29 is 24.5 Å². The Hall–Kier alpha value is -1.14. The first kappa shape index (κ1) is 57.9. The van der Waals surface area contributed by atoms with Gasteiger partial charge in [-0.3, -0.25) is 9.59 Å². The third-order valence-corrected chi connectivity index (χ3v) is 12.7. The van der Waals surface area contributed by atoms with Crippen molar-refractivity contribution in [1.82, 2.24) is 5.32 Å². The smallest absolute Gasteiger partial charge is 0.305 e. The van der Waals surface area contributed by atoms with Crippen LogP contribution in [0.2, 0.25) is 0 Å². The van der Waals surface area contributed by atoms with E-state index in [4.69, 9.17) is 4.74 Å². The molecule has 0 heterocycles. The highest BCUT2D eigenvalue weighted by Crippen LogP contribution is 2.17. The molecule has 0 rings (SSSR count). The van der Waals surface area contributed by atoms with Crippen molar-refractivity contribution in [2.24, 2.45) is 0 Å². The first-order valence-electron chi connectivity index (χ1n) is 26.8. The fourth-order valence-corrected chi connectivity index (χ4v) is 8.52. The second kappa shape index (κ2) is 49.5. The number of aliphatic hydroxyl groups is 2. The number of ether oxygens (including phenoxy) is 1. The molecule has 0 radical (unpaired) electrons. The molecule has 0 saturated heterocycles. The summed E-state index contributed by atoms with van der Waals surface area (Å²) in [6.07, 6.45) is 55.1. The Bertz CT molecular complexity index is 837. The molecule has 0 aliphatic heterocycles. The summed E-state index contributed by atoms with van der Waals surface area (Å²) >= 11 is 0. The molecule has 0 aromatic rings. The van der Waals surface area contributed by atoms with Crippen molar-refractivity contribution in [2.75, 3.05) is 13.2 Å². The largest absolute Gasteiger partial charge is 0.466 e. The average molecular weight is 836 g/mol. The quantitative estimate of drug-likeness (QED) is 0.0419. The van der Waals surface area contributed by atoms with Crippen molar-refractivity contribution in [1.29, 1.82) is 0 Å². The molecule has 0 bridgehead atoms. The number of hydrogen-bond acceptors (Lipinski definition) is 5. The van der Waals surface area contributed by atoms with Crippen LogP contribution in [-0.2, 0) is 14.3 Å². The van der Waals surface area contributed by atoms with Gasteiger partial charge in [0.15, 0.2) is 0 Å². The van der Waals surface area contributed by atoms with E-state index in [1.54, 1.807) is 0 Å². The molecular formula is C53H105NO5. The number of rotatable bonds is 50. The SMILES string of the molecule is CCCCCCCCCCCCCCCCC(=O)OCCCCCCCCCCCCCCCCCCCC(=O)NC(CO)C(O)CCCCCCCCCCCCC. The van der Waals surface area contributed by atoms with Crippen LogP contribution in [0, 0.1) is 0 Å². The highest BCUT2D eigenvalue weighted by Gasteiger charge is 2.20. The van der Waals surface area contributed by atoms with Gasteiger partial charge in [-0.15, -0.1) is 0 Å². The Balaban J connectivity index is 3.38. The molecule has 0 saturated carbocycles. The molecule has 0 fully saturated rings. The molecule has 2 atom stereocenters. The summed E-state index contributed by atoms with van der Waals surface area (Å²) in [5.41, 5.74) is 0. The fraction of sp³-hybridized carbons (Fsp3) is 0.962. The molecule has 0 aromatic carbocycles. The van der Waals surface area contributed by atoms with E-state index in [2.05, 4.69) is 19.2 Å². The van der Waals surface area contributed by atoms with Gasteiger partial charge in [-0.1, -0.05) is 264 Å². The molecule has 3 N–H and O–H groups in total. The van der Waals surface area contributed by atoms with Gasteiger partial charge < -0.3 is 20.3 Å². The summed E-state index contributed by atoms with van der Waals surface area (Å²) < 4.78 is 5.47. The molecule has 352 valence electrons. The standard InChI is InChI=1S/C53H105NO5/c1-3-5-7-9-11-13-15-16-23-27-31-35-39-43-47-53(58)59-48-44-40-36-32-28-24-21-19-17-18-20-22-26-30-34-38-42-46-52(57)54-50(49-55)51(56)45-41-37-33-29-25-14-12-10-8-6-4-2/h50-51,55-56H,3-49H2,1-2H3,(H,54,57). The Morgan fingerprint density at radius 1 is 0.407 bits per heavy atom. The van der Waals surface area contributed by atoms with E-state index in [1.165, 1.54) is 231 Å². The number of aliphatic hydroxyl groups excluding tert-OH is 2. The van der Waals surface area contributed by atoms with Crippen molar-refractivity contribution >= 4 is 11.9 Å². The minimum Gasteiger partial charge on any atom is -0.466 e. The molecule has 0 aliphatic rings. The molecule has 6 heteroatoms. The Morgan fingerprint density at radius 2 is 0.695 bits per heavy atom. The summed E-state index contributed by atoms with van der Waals surface area (Å²) in [6, 6.07) is -0.542. The zero-order valence-electron chi connectivity index (χ0n) is 40.0. The van der Waals surface area contributed by atoms with Crippen LogP contribution in [0.25, 0.3) is 0 Å². The molecule has 6 nitrogen and oxygen atoms in total. The monoisotopic (exact) mass is 836 g/mol. The van der Waals surface area contributed by atoms with Crippen LogP contribution in [0.4, 0.5) is 0 Å². The Labute approximate surface area is 368 Å². The van der Waals surface area contributed by atoms with E-state index in [1.807, 2.05) is 0 Å². The van der Waals surface area contributed by atoms with Gasteiger partial charge >= 0.3 is 5.97 Å². The van der Waals surface area contributed by atoms with E-state index in [-0.39, 0.29) is 18.5 Å². The van der Waals surface area contributed by atoms with Crippen LogP contribution < -0.4 is 5.32 Å². The maximum atomic E-state index is 12.4. The van der Waals surface area contributed by atoms with Crippen molar-refractivity contribution in [3.63, 3.8) is 0 Å². The van der Waals surface area contributed by atoms with Crippen molar-refractivity contribution in [3.8, 4) is 0 Å². The molecule has 0 spiro atoms. The maximum absolute atomic E-state index is 12.4. The summed E-state index contributed by atoms with van der Waals surface area (Å²) in [5, 5.41) is 23.1. The first-order chi connectivity index (χ1) is 29.0.